The summed E-state index contributed by atoms with van der Waals surface area (Å²) in [5.74, 6) is -0.0228. The number of pyridine rings is 1. The third-order valence-corrected chi connectivity index (χ3v) is 5.14. The van der Waals surface area contributed by atoms with Gasteiger partial charge >= 0.3 is 10.2 Å². The van der Waals surface area contributed by atoms with Crippen molar-refractivity contribution in [3.05, 3.63) is 53.3 Å². The maximum absolute atomic E-state index is 12.6. The average Bonchev–Trinajstić information content (AvgIpc) is 2.64. The van der Waals surface area contributed by atoms with Crippen LogP contribution in [0.15, 0.2) is 40.9 Å². The van der Waals surface area contributed by atoms with Crippen LogP contribution < -0.4 is 20.5 Å². The van der Waals surface area contributed by atoms with Crippen LogP contribution in [0.4, 0.5) is 5.69 Å². The van der Waals surface area contributed by atoms with E-state index >= 15 is 0 Å². The molecule has 0 spiro atoms. The summed E-state index contributed by atoms with van der Waals surface area (Å²) in [4.78, 5) is 16.8. The largest absolute Gasteiger partial charge is 0.490 e. The Kier molecular flexibility index (Phi) is 5.47. The van der Waals surface area contributed by atoms with Crippen LogP contribution in [-0.2, 0) is 16.6 Å². The number of nitrogens with two attached hydrogens (primary N) is 1. The number of nitrogens with zero attached hydrogens (tertiary/aromatic N) is 2. The third kappa shape index (κ3) is 4.83. The van der Waals surface area contributed by atoms with E-state index in [0.29, 0.717) is 22.6 Å². The molecule has 1 amide bonds. The normalized spacial score (nSPS) is 14.9. The average molecular weight is 417 g/mol. The number of anilines is 1. The summed E-state index contributed by atoms with van der Waals surface area (Å²) >= 11 is 0. The van der Waals surface area contributed by atoms with E-state index in [9.17, 15) is 13.2 Å². The number of benzene rings is 1. The molecule has 10 heteroatoms. The molecule has 0 unspecified atom stereocenters. The van der Waals surface area contributed by atoms with Gasteiger partial charge in [-0.1, -0.05) is 13.0 Å². The van der Waals surface area contributed by atoms with E-state index in [4.69, 9.17) is 10.5 Å². The standard InChI is InChI=1S/C19H23N5O4S/c1-4-13-10-12(8-9-21-13)18(25)22-19(2,3)11-28-15-7-5-6-14-16(15)17(20)24-29(26,27)23-14/h5-10,23H,4,11H2,1-3H3,(H2,20,24)(H,22,25). The predicted octanol–water partition coefficient (Wildman–Crippen LogP) is 1.61. The SMILES string of the molecule is CCc1cc(C(=O)NC(C)(C)COc2cccc3c2C(N)=NS(=O)(=O)N3)ccn1. The van der Waals surface area contributed by atoms with Gasteiger partial charge in [0.15, 0.2) is 5.84 Å². The second-order valence-corrected chi connectivity index (χ2v) is 8.59. The fourth-order valence-corrected chi connectivity index (χ4v) is 3.67. The quantitative estimate of drug-likeness (QED) is 0.653. The Morgan fingerprint density at radius 3 is 2.79 bits per heavy atom. The van der Waals surface area contributed by atoms with Crippen molar-refractivity contribution in [2.75, 3.05) is 11.3 Å². The van der Waals surface area contributed by atoms with Gasteiger partial charge in [0, 0.05) is 17.5 Å². The van der Waals surface area contributed by atoms with E-state index in [1.165, 1.54) is 0 Å². The van der Waals surface area contributed by atoms with Crippen molar-refractivity contribution < 1.29 is 17.9 Å². The van der Waals surface area contributed by atoms with E-state index in [-0.39, 0.29) is 18.3 Å². The maximum Gasteiger partial charge on any atom is 0.344 e. The minimum absolute atomic E-state index is 0.126. The van der Waals surface area contributed by atoms with E-state index in [2.05, 4.69) is 19.4 Å². The zero-order chi connectivity index (χ0) is 21.2. The zero-order valence-electron chi connectivity index (χ0n) is 16.4. The summed E-state index contributed by atoms with van der Waals surface area (Å²) in [7, 11) is -3.86. The van der Waals surface area contributed by atoms with Crippen molar-refractivity contribution in [3.63, 3.8) is 0 Å². The molecule has 0 atom stereocenters. The highest BCUT2D eigenvalue weighted by atomic mass is 32.2. The third-order valence-electron chi connectivity index (χ3n) is 4.22. The van der Waals surface area contributed by atoms with Crippen molar-refractivity contribution in [1.29, 1.82) is 0 Å². The van der Waals surface area contributed by atoms with Crippen LogP contribution in [0.5, 0.6) is 5.75 Å². The van der Waals surface area contributed by atoms with Gasteiger partial charge in [-0.05, 0) is 44.5 Å². The summed E-state index contributed by atoms with van der Waals surface area (Å²) in [5, 5.41) is 2.93. The van der Waals surface area contributed by atoms with Gasteiger partial charge in [0.25, 0.3) is 5.91 Å². The highest BCUT2D eigenvalue weighted by molar-refractivity contribution is 7.91. The van der Waals surface area contributed by atoms with Crippen LogP contribution in [0, 0.1) is 0 Å². The summed E-state index contributed by atoms with van der Waals surface area (Å²) in [5.41, 5.74) is 7.12. The Labute approximate surface area is 169 Å². The number of aromatic nitrogens is 1. The van der Waals surface area contributed by atoms with Crippen molar-refractivity contribution in [1.82, 2.24) is 10.3 Å². The number of nitrogens with one attached hydrogen (secondary N) is 2. The lowest BCUT2D eigenvalue weighted by Gasteiger charge is -2.27. The number of hydrogen-bond acceptors (Lipinski definition) is 6. The second kappa shape index (κ2) is 7.70. The fraction of sp³-hybridized carbons (Fsp3) is 0.316. The maximum atomic E-state index is 12.6. The molecule has 0 saturated heterocycles. The zero-order valence-corrected chi connectivity index (χ0v) is 17.2. The lowest BCUT2D eigenvalue weighted by Crippen LogP contribution is -2.48. The topological polar surface area (TPSA) is 136 Å². The molecule has 154 valence electrons. The molecule has 0 bridgehead atoms. The van der Waals surface area contributed by atoms with Gasteiger partial charge in [-0.25, -0.2) is 0 Å². The van der Waals surface area contributed by atoms with E-state index in [1.807, 2.05) is 20.8 Å². The molecular formula is C19H23N5O4S. The van der Waals surface area contributed by atoms with E-state index < -0.39 is 15.7 Å². The van der Waals surface area contributed by atoms with Crippen molar-refractivity contribution in [2.24, 2.45) is 10.1 Å². The van der Waals surface area contributed by atoms with Crippen molar-refractivity contribution in [2.45, 2.75) is 32.7 Å². The molecule has 2 heterocycles. The molecule has 29 heavy (non-hydrogen) atoms. The Morgan fingerprint density at radius 2 is 2.07 bits per heavy atom. The number of aryl methyl sites for hydroxylation is 1. The van der Waals surface area contributed by atoms with Gasteiger partial charge in [0.2, 0.25) is 0 Å². The van der Waals surface area contributed by atoms with Crippen LogP contribution in [0.2, 0.25) is 0 Å². The second-order valence-electron chi connectivity index (χ2n) is 7.25. The van der Waals surface area contributed by atoms with Crippen LogP contribution in [0.25, 0.3) is 0 Å². The first-order valence-electron chi connectivity index (χ1n) is 9.02. The Balaban J connectivity index is 1.73. The fourth-order valence-electron chi connectivity index (χ4n) is 2.82. The molecular weight excluding hydrogens is 394 g/mol. The first-order chi connectivity index (χ1) is 13.6. The van der Waals surface area contributed by atoms with Crippen LogP contribution in [0.3, 0.4) is 0 Å². The number of rotatable bonds is 6. The molecule has 3 rings (SSSR count). The molecule has 1 aliphatic rings. The molecule has 1 aromatic heterocycles. The van der Waals surface area contributed by atoms with Gasteiger partial charge in [-0.3, -0.25) is 14.5 Å². The minimum atomic E-state index is -3.86. The number of ether oxygens (including phenoxy) is 1. The van der Waals surface area contributed by atoms with Crippen LogP contribution in [0.1, 0.15) is 42.4 Å². The lowest BCUT2D eigenvalue weighted by molar-refractivity contribution is 0.0880. The summed E-state index contributed by atoms with van der Waals surface area (Å²) in [6, 6.07) is 8.29. The molecule has 0 aliphatic carbocycles. The van der Waals surface area contributed by atoms with Crippen molar-refractivity contribution in [3.8, 4) is 5.75 Å². The van der Waals surface area contributed by atoms with Gasteiger partial charge in [-0.2, -0.15) is 8.42 Å². The van der Waals surface area contributed by atoms with E-state index in [0.717, 1.165) is 12.1 Å². The number of carbonyl (C=O) groups excluding carboxylic acids is 1. The van der Waals surface area contributed by atoms with Gasteiger partial charge < -0.3 is 15.8 Å². The summed E-state index contributed by atoms with van der Waals surface area (Å²) < 4.78 is 35.0. The smallest absolute Gasteiger partial charge is 0.344 e. The molecule has 1 aromatic carbocycles. The van der Waals surface area contributed by atoms with Crippen molar-refractivity contribution >= 4 is 27.6 Å². The Morgan fingerprint density at radius 1 is 1.31 bits per heavy atom. The molecule has 4 N–H and O–H groups in total. The predicted molar refractivity (Wildman–Crippen MR) is 110 cm³/mol. The first kappa shape index (κ1) is 20.6. The molecule has 9 nitrogen and oxygen atoms in total. The number of fused-ring (bicyclic) bond motifs is 1. The van der Waals surface area contributed by atoms with Gasteiger partial charge in [-0.15, -0.1) is 4.40 Å². The van der Waals surface area contributed by atoms with Crippen LogP contribution in [-0.4, -0.2) is 37.3 Å². The number of carbonyl (C=O) groups is 1. The molecule has 2 aromatic rings. The van der Waals surface area contributed by atoms with Crippen LogP contribution >= 0.6 is 0 Å². The molecule has 0 fully saturated rings. The molecule has 0 radical (unpaired) electrons. The Bertz CT molecular complexity index is 1080. The number of hydrogen-bond donors (Lipinski definition) is 3. The monoisotopic (exact) mass is 417 g/mol. The lowest BCUT2D eigenvalue weighted by atomic mass is 10.1. The highest BCUT2D eigenvalue weighted by Crippen LogP contribution is 2.30. The highest BCUT2D eigenvalue weighted by Gasteiger charge is 2.27. The summed E-state index contributed by atoms with van der Waals surface area (Å²) in [6.45, 7) is 5.74. The number of amidine groups is 1. The Hall–Kier alpha value is -3.14. The van der Waals surface area contributed by atoms with Gasteiger partial charge in [0.1, 0.15) is 12.4 Å². The molecule has 0 saturated carbocycles. The minimum Gasteiger partial charge on any atom is -0.490 e. The first-order valence-corrected chi connectivity index (χ1v) is 10.5. The summed E-state index contributed by atoms with van der Waals surface area (Å²) in [6.07, 6.45) is 2.34. The number of amides is 1. The molecule has 1 aliphatic heterocycles. The van der Waals surface area contributed by atoms with Gasteiger partial charge in [0.05, 0.1) is 16.8 Å². The van der Waals surface area contributed by atoms with E-state index in [1.54, 1.807) is 36.5 Å².